The quantitative estimate of drug-likeness (QED) is 0.179. The van der Waals surface area contributed by atoms with Crippen LogP contribution in [0.1, 0.15) is 42.5 Å². The highest BCUT2D eigenvalue weighted by Crippen LogP contribution is 2.36. The van der Waals surface area contributed by atoms with Crippen LogP contribution in [0.4, 0.5) is 0 Å². The number of fused-ring (bicyclic) bond motifs is 1. The maximum absolute atomic E-state index is 14.2. The van der Waals surface area contributed by atoms with E-state index in [2.05, 4.69) is 0 Å². The Hall–Kier alpha value is -4.61. The molecule has 242 valence electrons. The number of hydrogen-bond acceptors (Lipinski definition) is 9. The van der Waals surface area contributed by atoms with E-state index in [0.29, 0.717) is 37.7 Å². The molecule has 1 saturated heterocycles. The molecule has 0 unspecified atom stereocenters. The fourth-order valence-corrected chi connectivity index (χ4v) is 7.19. The van der Waals surface area contributed by atoms with Gasteiger partial charge in [-0.1, -0.05) is 59.9 Å². The highest BCUT2D eigenvalue weighted by molar-refractivity contribution is 7.98. The van der Waals surface area contributed by atoms with E-state index in [1.54, 1.807) is 41.5 Å². The van der Waals surface area contributed by atoms with Gasteiger partial charge >= 0.3 is 5.97 Å². The standard InChI is InChI=1S/C36H35N3O6S2/c1-4-44-35(42)31-32(24-10-6-5-7-11-24)37-36-39(33(31)25-13-15-26(46-3)16-14-25)34(41)29(47-36)21-23-12-17-27(28(20-23)43-2)45-22-30(40)38-18-8-9-19-38/h5-7,10-17,20-21,33H,4,8-9,18-19,22H2,1-3H3/b29-21+/t33-/m1/s1. The number of thioether (sulfide) groups is 1. The van der Waals surface area contributed by atoms with Gasteiger partial charge in [-0.25, -0.2) is 9.79 Å². The number of nitrogens with zero attached hydrogens (tertiary/aromatic N) is 3. The number of methoxy groups -OCH3 is 1. The molecule has 6 rings (SSSR count). The Morgan fingerprint density at radius 3 is 2.45 bits per heavy atom. The summed E-state index contributed by atoms with van der Waals surface area (Å²) in [5, 5.41) is 0. The van der Waals surface area contributed by atoms with E-state index >= 15 is 0 Å². The molecule has 47 heavy (non-hydrogen) atoms. The number of carbonyl (C=O) groups excluding carboxylic acids is 2. The van der Waals surface area contributed by atoms with Crippen molar-refractivity contribution in [1.29, 1.82) is 0 Å². The molecule has 1 amide bonds. The number of rotatable bonds is 10. The summed E-state index contributed by atoms with van der Waals surface area (Å²) in [4.78, 5) is 48.7. The van der Waals surface area contributed by atoms with Crippen molar-refractivity contribution in [1.82, 2.24) is 9.47 Å². The maximum atomic E-state index is 14.2. The van der Waals surface area contributed by atoms with Crippen LogP contribution in [-0.2, 0) is 14.3 Å². The first-order valence-electron chi connectivity index (χ1n) is 15.4. The molecule has 9 nitrogen and oxygen atoms in total. The fraction of sp³-hybridized carbons (Fsp3) is 0.278. The monoisotopic (exact) mass is 669 g/mol. The highest BCUT2D eigenvalue weighted by atomic mass is 32.2. The van der Waals surface area contributed by atoms with E-state index in [9.17, 15) is 14.4 Å². The van der Waals surface area contributed by atoms with Crippen LogP contribution >= 0.6 is 23.1 Å². The molecule has 0 spiro atoms. The average Bonchev–Trinajstić information content (AvgIpc) is 3.76. The van der Waals surface area contributed by atoms with Crippen LogP contribution in [0.25, 0.3) is 11.8 Å². The van der Waals surface area contributed by atoms with Gasteiger partial charge in [-0.3, -0.25) is 14.2 Å². The van der Waals surface area contributed by atoms with Crippen LogP contribution in [0, 0.1) is 0 Å². The molecule has 0 saturated carbocycles. The lowest BCUT2D eigenvalue weighted by molar-refractivity contribution is -0.139. The molecule has 0 N–H and O–H groups in total. The molecule has 11 heteroatoms. The predicted octanol–water partition coefficient (Wildman–Crippen LogP) is 4.67. The zero-order valence-electron chi connectivity index (χ0n) is 26.4. The zero-order valence-corrected chi connectivity index (χ0v) is 28.1. The molecule has 3 heterocycles. The fourth-order valence-electron chi connectivity index (χ4n) is 5.78. The summed E-state index contributed by atoms with van der Waals surface area (Å²) >= 11 is 2.86. The van der Waals surface area contributed by atoms with E-state index in [1.807, 2.05) is 71.8 Å². The number of esters is 1. The van der Waals surface area contributed by atoms with E-state index in [1.165, 1.54) is 18.4 Å². The van der Waals surface area contributed by atoms with Gasteiger partial charge in [0, 0.05) is 23.5 Å². The van der Waals surface area contributed by atoms with Gasteiger partial charge in [0.2, 0.25) is 0 Å². The zero-order chi connectivity index (χ0) is 32.9. The molecule has 1 aromatic heterocycles. The molecule has 3 aromatic carbocycles. The lowest BCUT2D eigenvalue weighted by atomic mass is 9.93. The Balaban J connectivity index is 1.44. The molecule has 0 bridgehead atoms. The van der Waals surface area contributed by atoms with E-state index in [-0.39, 0.29) is 24.7 Å². The summed E-state index contributed by atoms with van der Waals surface area (Å²) in [7, 11) is 1.53. The number of carbonyl (C=O) groups is 2. The van der Waals surface area contributed by atoms with Crippen molar-refractivity contribution in [3.05, 3.63) is 115 Å². The number of aromatic nitrogens is 1. The third kappa shape index (κ3) is 6.77. The number of benzene rings is 3. The minimum atomic E-state index is -0.753. The molecule has 4 aromatic rings. The molecule has 1 fully saturated rings. The molecular formula is C36H35N3O6S2. The Labute approximate surface area is 280 Å². The maximum Gasteiger partial charge on any atom is 0.338 e. The van der Waals surface area contributed by atoms with Crippen LogP contribution in [0.3, 0.4) is 0 Å². The first-order chi connectivity index (χ1) is 22.9. The van der Waals surface area contributed by atoms with Crippen molar-refractivity contribution in [2.24, 2.45) is 4.99 Å². The molecule has 1 atom stereocenters. The predicted molar refractivity (Wildman–Crippen MR) is 184 cm³/mol. The molecule has 0 radical (unpaired) electrons. The number of amides is 1. The summed E-state index contributed by atoms with van der Waals surface area (Å²) in [5.74, 6) is 0.318. The number of hydrogen-bond donors (Lipinski definition) is 0. The normalized spacial score (nSPS) is 16.1. The van der Waals surface area contributed by atoms with Crippen LogP contribution < -0.4 is 24.4 Å². The lowest BCUT2D eigenvalue weighted by Crippen LogP contribution is -2.40. The van der Waals surface area contributed by atoms with Gasteiger partial charge < -0.3 is 19.1 Å². The Kier molecular flexibility index (Phi) is 9.93. The van der Waals surface area contributed by atoms with Crippen LogP contribution in [-0.4, -0.2) is 61.0 Å². The van der Waals surface area contributed by atoms with Gasteiger partial charge in [0.1, 0.15) is 0 Å². The van der Waals surface area contributed by atoms with Crippen molar-refractivity contribution in [2.75, 3.05) is 39.7 Å². The Morgan fingerprint density at radius 2 is 1.77 bits per heavy atom. The highest BCUT2D eigenvalue weighted by Gasteiger charge is 2.35. The summed E-state index contributed by atoms with van der Waals surface area (Å²) in [6.45, 7) is 3.38. The van der Waals surface area contributed by atoms with Crippen molar-refractivity contribution in [3.8, 4) is 11.5 Å². The summed E-state index contributed by atoms with van der Waals surface area (Å²) in [5.41, 5.74) is 2.73. The minimum absolute atomic E-state index is 0.0514. The smallest absolute Gasteiger partial charge is 0.338 e. The first-order valence-corrected chi connectivity index (χ1v) is 17.5. The number of likely N-dealkylation sites (tertiary alicyclic amines) is 1. The molecular weight excluding hydrogens is 635 g/mol. The van der Waals surface area contributed by atoms with Gasteiger partial charge in [-0.05, 0) is 67.5 Å². The second kappa shape index (κ2) is 14.4. The second-order valence-electron chi connectivity index (χ2n) is 11.0. The van der Waals surface area contributed by atoms with E-state index in [4.69, 9.17) is 19.2 Å². The van der Waals surface area contributed by atoms with Crippen molar-refractivity contribution < 1.29 is 23.8 Å². The number of ether oxygens (including phenoxy) is 3. The van der Waals surface area contributed by atoms with E-state index < -0.39 is 12.0 Å². The SMILES string of the molecule is CCOC(=O)C1=C(c2ccccc2)N=c2s/c(=C/c3ccc(OCC(=O)N4CCCC4)c(OC)c3)c(=O)n2[C@@H]1c1ccc(SC)cc1. The molecule has 2 aliphatic rings. The third-order valence-corrected chi connectivity index (χ3v) is 9.83. The topological polar surface area (TPSA) is 99.4 Å². The molecule has 0 aliphatic carbocycles. The van der Waals surface area contributed by atoms with Crippen LogP contribution in [0.5, 0.6) is 11.5 Å². The number of thiazole rings is 1. The average molecular weight is 670 g/mol. The summed E-state index contributed by atoms with van der Waals surface area (Å²) in [6, 6.07) is 21.9. The van der Waals surface area contributed by atoms with Crippen LogP contribution in [0.2, 0.25) is 0 Å². The van der Waals surface area contributed by atoms with Gasteiger partial charge in [0.25, 0.3) is 11.5 Å². The first kappa shape index (κ1) is 32.3. The van der Waals surface area contributed by atoms with Crippen molar-refractivity contribution in [2.45, 2.75) is 30.7 Å². The molecule has 2 aliphatic heterocycles. The minimum Gasteiger partial charge on any atom is -0.493 e. The summed E-state index contributed by atoms with van der Waals surface area (Å²) < 4.78 is 19.0. The van der Waals surface area contributed by atoms with Gasteiger partial charge in [-0.2, -0.15) is 0 Å². The van der Waals surface area contributed by atoms with Gasteiger partial charge in [0.15, 0.2) is 22.9 Å². The van der Waals surface area contributed by atoms with Gasteiger partial charge in [0.05, 0.1) is 35.6 Å². The van der Waals surface area contributed by atoms with Crippen molar-refractivity contribution in [3.63, 3.8) is 0 Å². The van der Waals surface area contributed by atoms with Crippen molar-refractivity contribution >= 4 is 46.7 Å². The Morgan fingerprint density at radius 1 is 1.02 bits per heavy atom. The summed E-state index contributed by atoms with van der Waals surface area (Å²) in [6.07, 6.45) is 5.79. The largest absolute Gasteiger partial charge is 0.493 e. The lowest BCUT2D eigenvalue weighted by Gasteiger charge is -2.26. The third-order valence-electron chi connectivity index (χ3n) is 8.10. The van der Waals surface area contributed by atoms with E-state index in [0.717, 1.165) is 42.0 Å². The Bertz CT molecular complexity index is 1990. The van der Waals surface area contributed by atoms with Gasteiger partial charge in [-0.15, -0.1) is 11.8 Å². The van der Waals surface area contributed by atoms with Crippen LogP contribution in [0.15, 0.2) is 93.1 Å². The second-order valence-corrected chi connectivity index (χ2v) is 12.9.